The summed E-state index contributed by atoms with van der Waals surface area (Å²) in [6, 6.07) is 11.0. The second-order valence-corrected chi connectivity index (χ2v) is 4.70. The second-order valence-electron chi connectivity index (χ2n) is 3.78. The van der Waals surface area contributed by atoms with Gasteiger partial charge in [0, 0.05) is 22.8 Å². The van der Waals surface area contributed by atoms with Gasteiger partial charge in [0.05, 0.1) is 0 Å². The number of pyridine rings is 1. The Morgan fingerprint density at radius 3 is 2.83 bits per heavy atom. The summed E-state index contributed by atoms with van der Waals surface area (Å²) in [5, 5.41) is 3.17. The van der Waals surface area contributed by atoms with Gasteiger partial charge < -0.3 is 11.1 Å². The summed E-state index contributed by atoms with van der Waals surface area (Å²) in [6.07, 6.45) is 1.72. The van der Waals surface area contributed by atoms with E-state index in [0.717, 1.165) is 15.9 Å². The number of amides is 1. The van der Waals surface area contributed by atoms with Crippen LogP contribution in [0.4, 0.5) is 5.82 Å². The number of carbonyl (C=O) groups is 1. The molecule has 0 saturated heterocycles. The third kappa shape index (κ3) is 3.30. The maximum atomic E-state index is 11.0. The summed E-state index contributed by atoms with van der Waals surface area (Å²) >= 11 is 3.33. The van der Waals surface area contributed by atoms with Gasteiger partial charge in [0.1, 0.15) is 5.82 Å². The first-order chi connectivity index (χ1) is 8.65. The van der Waals surface area contributed by atoms with Crippen molar-refractivity contribution in [2.45, 2.75) is 6.54 Å². The molecular weight excluding hydrogens is 294 g/mol. The minimum absolute atomic E-state index is 0.418. The van der Waals surface area contributed by atoms with E-state index in [-0.39, 0.29) is 0 Å². The van der Waals surface area contributed by atoms with E-state index in [2.05, 4.69) is 26.2 Å². The van der Waals surface area contributed by atoms with Crippen molar-refractivity contribution in [3.8, 4) is 0 Å². The van der Waals surface area contributed by atoms with Crippen molar-refractivity contribution >= 4 is 27.7 Å². The van der Waals surface area contributed by atoms with E-state index in [1.165, 1.54) is 0 Å². The molecule has 2 rings (SSSR count). The minimum atomic E-state index is -0.418. The van der Waals surface area contributed by atoms with Crippen LogP contribution in [0.2, 0.25) is 0 Å². The number of primary amides is 1. The quantitative estimate of drug-likeness (QED) is 0.912. The highest BCUT2D eigenvalue weighted by atomic mass is 79.9. The molecule has 0 saturated carbocycles. The molecule has 0 aliphatic carbocycles. The number of hydrogen-bond acceptors (Lipinski definition) is 3. The van der Waals surface area contributed by atoms with Crippen molar-refractivity contribution in [3.05, 3.63) is 58.2 Å². The average molecular weight is 306 g/mol. The van der Waals surface area contributed by atoms with E-state index < -0.39 is 5.91 Å². The van der Waals surface area contributed by atoms with Crippen molar-refractivity contribution < 1.29 is 4.79 Å². The fourth-order valence-corrected chi connectivity index (χ4v) is 1.74. The van der Waals surface area contributed by atoms with Gasteiger partial charge in [-0.15, -0.1) is 0 Å². The van der Waals surface area contributed by atoms with Crippen LogP contribution in [-0.2, 0) is 6.54 Å². The molecule has 3 N–H and O–H groups in total. The Morgan fingerprint density at radius 1 is 1.33 bits per heavy atom. The normalized spacial score (nSPS) is 10.1. The number of nitrogens with two attached hydrogens (primary N) is 1. The van der Waals surface area contributed by atoms with Gasteiger partial charge in [-0.1, -0.05) is 12.1 Å². The zero-order chi connectivity index (χ0) is 13.0. The van der Waals surface area contributed by atoms with Gasteiger partial charge in [-0.3, -0.25) is 4.79 Å². The van der Waals surface area contributed by atoms with Gasteiger partial charge in [0.25, 0.3) is 0 Å². The molecule has 2 aromatic rings. The third-order valence-electron chi connectivity index (χ3n) is 2.41. The standard InChI is InChI=1S/C13H12BrN3O/c14-11-4-5-12(17-8-11)16-7-9-2-1-3-10(6-9)13(15)18/h1-6,8H,7H2,(H2,15,18)(H,16,17). The van der Waals surface area contributed by atoms with Crippen LogP contribution in [0, 0.1) is 0 Å². The molecular formula is C13H12BrN3O. The fourth-order valence-electron chi connectivity index (χ4n) is 1.51. The number of rotatable bonds is 4. The van der Waals surface area contributed by atoms with E-state index in [1.54, 1.807) is 18.3 Å². The van der Waals surface area contributed by atoms with Gasteiger partial charge in [-0.2, -0.15) is 0 Å². The Labute approximate surface area is 113 Å². The highest BCUT2D eigenvalue weighted by molar-refractivity contribution is 9.10. The Bertz CT molecular complexity index is 554. The molecule has 18 heavy (non-hydrogen) atoms. The van der Waals surface area contributed by atoms with Gasteiger partial charge in [-0.25, -0.2) is 4.98 Å². The third-order valence-corrected chi connectivity index (χ3v) is 2.88. The van der Waals surface area contributed by atoms with Crippen LogP contribution in [0.15, 0.2) is 47.1 Å². The summed E-state index contributed by atoms with van der Waals surface area (Å²) < 4.78 is 0.934. The van der Waals surface area contributed by atoms with Crippen LogP contribution in [0.25, 0.3) is 0 Å². The molecule has 1 heterocycles. The molecule has 5 heteroatoms. The largest absolute Gasteiger partial charge is 0.366 e. The summed E-state index contributed by atoms with van der Waals surface area (Å²) in [6.45, 7) is 0.593. The molecule has 1 aromatic heterocycles. The highest BCUT2D eigenvalue weighted by Crippen LogP contribution is 2.12. The first-order valence-electron chi connectivity index (χ1n) is 5.39. The van der Waals surface area contributed by atoms with Crippen LogP contribution in [0.1, 0.15) is 15.9 Å². The molecule has 1 aromatic carbocycles. The zero-order valence-corrected chi connectivity index (χ0v) is 11.1. The molecule has 0 aliphatic rings. The van der Waals surface area contributed by atoms with E-state index in [4.69, 9.17) is 5.73 Å². The van der Waals surface area contributed by atoms with Crippen LogP contribution in [-0.4, -0.2) is 10.9 Å². The minimum Gasteiger partial charge on any atom is -0.366 e. The lowest BCUT2D eigenvalue weighted by molar-refractivity contribution is 0.1000. The first-order valence-corrected chi connectivity index (χ1v) is 6.18. The van der Waals surface area contributed by atoms with Gasteiger partial charge >= 0.3 is 0 Å². The predicted octanol–water partition coefficient (Wildman–Crippen LogP) is 2.56. The number of nitrogens with one attached hydrogen (secondary N) is 1. The van der Waals surface area contributed by atoms with Crippen molar-refractivity contribution in [2.24, 2.45) is 5.73 Å². The first kappa shape index (κ1) is 12.6. The summed E-state index contributed by atoms with van der Waals surface area (Å²) in [4.78, 5) is 15.3. The molecule has 0 unspecified atom stereocenters. The highest BCUT2D eigenvalue weighted by Gasteiger charge is 2.01. The lowest BCUT2D eigenvalue weighted by Crippen LogP contribution is -2.11. The second kappa shape index (κ2) is 5.64. The number of halogens is 1. The number of carbonyl (C=O) groups excluding carboxylic acids is 1. The molecule has 4 nitrogen and oxygen atoms in total. The number of aromatic nitrogens is 1. The smallest absolute Gasteiger partial charge is 0.248 e. The lowest BCUT2D eigenvalue weighted by atomic mass is 10.1. The van der Waals surface area contributed by atoms with Crippen LogP contribution in [0.3, 0.4) is 0 Å². The average Bonchev–Trinajstić information content (AvgIpc) is 2.38. The van der Waals surface area contributed by atoms with Crippen LogP contribution >= 0.6 is 15.9 Å². The molecule has 0 spiro atoms. The SMILES string of the molecule is NC(=O)c1cccc(CNc2ccc(Br)cn2)c1. The maximum Gasteiger partial charge on any atom is 0.248 e. The molecule has 0 bridgehead atoms. The maximum absolute atomic E-state index is 11.0. The monoisotopic (exact) mass is 305 g/mol. The van der Waals surface area contributed by atoms with Gasteiger partial charge in [-0.05, 0) is 45.8 Å². The molecule has 1 amide bonds. The summed E-state index contributed by atoms with van der Waals surface area (Å²) in [7, 11) is 0. The van der Waals surface area contributed by atoms with Gasteiger partial charge in [0.15, 0.2) is 0 Å². The Hall–Kier alpha value is -1.88. The van der Waals surface area contributed by atoms with Crippen molar-refractivity contribution in [1.82, 2.24) is 4.98 Å². The summed E-state index contributed by atoms with van der Waals surface area (Å²) in [5.41, 5.74) is 6.72. The van der Waals surface area contributed by atoms with E-state index in [9.17, 15) is 4.79 Å². The predicted molar refractivity (Wildman–Crippen MR) is 74.2 cm³/mol. The van der Waals surface area contributed by atoms with E-state index >= 15 is 0 Å². The van der Waals surface area contributed by atoms with Crippen molar-refractivity contribution in [3.63, 3.8) is 0 Å². The molecule has 0 aliphatic heterocycles. The van der Waals surface area contributed by atoms with E-state index in [0.29, 0.717) is 12.1 Å². The number of hydrogen-bond donors (Lipinski definition) is 2. The van der Waals surface area contributed by atoms with E-state index in [1.807, 2.05) is 24.3 Å². The lowest BCUT2D eigenvalue weighted by Gasteiger charge is -2.06. The molecule has 0 atom stereocenters. The Morgan fingerprint density at radius 2 is 2.17 bits per heavy atom. The number of benzene rings is 1. The van der Waals surface area contributed by atoms with Crippen molar-refractivity contribution in [1.29, 1.82) is 0 Å². The van der Waals surface area contributed by atoms with Crippen LogP contribution < -0.4 is 11.1 Å². The van der Waals surface area contributed by atoms with Gasteiger partial charge in [0.2, 0.25) is 5.91 Å². The molecule has 92 valence electrons. The fraction of sp³-hybridized carbons (Fsp3) is 0.0769. The van der Waals surface area contributed by atoms with Crippen molar-refractivity contribution in [2.75, 3.05) is 5.32 Å². The Balaban J connectivity index is 2.04. The number of anilines is 1. The molecule has 0 radical (unpaired) electrons. The summed E-state index contributed by atoms with van der Waals surface area (Å²) in [5.74, 6) is 0.362. The Kier molecular flexibility index (Phi) is 3.94. The zero-order valence-electron chi connectivity index (χ0n) is 9.56. The number of nitrogens with zero attached hydrogens (tertiary/aromatic N) is 1. The van der Waals surface area contributed by atoms with Crippen LogP contribution in [0.5, 0.6) is 0 Å². The topological polar surface area (TPSA) is 68.0 Å². The molecule has 0 fully saturated rings.